The molecule has 25 heavy (non-hydrogen) atoms. The molecule has 2 heterocycles. The lowest BCUT2D eigenvalue weighted by Gasteiger charge is -2.28. The minimum atomic E-state index is 0. The summed E-state index contributed by atoms with van der Waals surface area (Å²) in [6, 6.07) is 9.69. The number of benzene rings is 1. The second-order valence-corrected chi connectivity index (χ2v) is 7.46. The first-order valence-corrected chi connectivity index (χ1v) is 8.84. The Hall–Kier alpha value is -0.810. The van der Waals surface area contributed by atoms with Crippen molar-refractivity contribution in [1.29, 1.82) is 0 Å². The molecule has 0 aromatic heterocycles. The van der Waals surface area contributed by atoms with Gasteiger partial charge >= 0.3 is 0 Å². The number of carbonyl (C=O) groups excluding carboxylic acids is 1. The third-order valence-corrected chi connectivity index (χ3v) is 5.13. The van der Waals surface area contributed by atoms with Crippen molar-refractivity contribution < 1.29 is 4.79 Å². The predicted molar refractivity (Wildman–Crippen MR) is 107 cm³/mol. The molecule has 142 valence electrons. The second kappa shape index (κ2) is 10.4. The highest BCUT2D eigenvalue weighted by atomic mass is 35.5. The van der Waals surface area contributed by atoms with Crippen LogP contribution in [0.5, 0.6) is 0 Å². The van der Waals surface area contributed by atoms with Gasteiger partial charge in [-0.15, -0.1) is 24.8 Å². The van der Waals surface area contributed by atoms with Crippen LogP contribution >= 0.6 is 24.8 Å². The second-order valence-electron chi connectivity index (χ2n) is 7.46. The van der Waals surface area contributed by atoms with Crippen molar-refractivity contribution in [3.63, 3.8) is 0 Å². The molecule has 3 rings (SSSR count). The van der Waals surface area contributed by atoms with Crippen molar-refractivity contribution >= 4 is 30.7 Å². The molecule has 4 nitrogen and oxygen atoms in total. The number of nitrogens with one attached hydrogen (secondary N) is 2. The summed E-state index contributed by atoms with van der Waals surface area (Å²) < 4.78 is 0. The van der Waals surface area contributed by atoms with Crippen LogP contribution < -0.4 is 10.6 Å². The Bertz CT molecular complexity index is 541. The number of rotatable bonds is 6. The van der Waals surface area contributed by atoms with Crippen LogP contribution in [0.15, 0.2) is 24.3 Å². The number of nitrogens with zero attached hydrogens (tertiary/aromatic N) is 1. The molecule has 0 saturated carbocycles. The van der Waals surface area contributed by atoms with Crippen LogP contribution in [0.1, 0.15) is 43.2 Å². The van der Waals surface area contributed by atoms with Gasteiger partial charge in [0.15, 0.2) is 0 Å². The molecule has 2 N–H and O–H groups in total. The van der Waals surface area contributed by atoms with Crippen molar-refractivity contribution in [2.75, 3.05) is 14.1 Å². The number of carbonyl (C=O) groups is 1. The van der Waals surface area contributed by atoms with E-state index in [4.69, 9.17) is 0 Å². The van der Waals surface area contributed by atoms with Gasteiger partial charge in [-0.05, 0) is 56.8 Å². The van der Waals surface area contributed by atoms with E-state index in [1.54, 1.807) is 0 Å². The summed E-state index contributed by atoms with van der Waals surface area (Å²) in [5.74, 6) is 0.765. The zero-order valence-electron chi connectivity index (χ0n) is 15.2. The number of hydrogen-bond acceptors (Lipinski definition) is 3. The standard InChI is InChI=1S/C19H29N3O.2ClH/c1-22(2)13-16-6-4-3-5-15(16)12-20-19(23)11-14-9-17-7-8-18(10-14)21-17;;/h3-6,14,17-18,21H,7-13H2,1-2H3,(H,20,23);2*1H. The number of amides is 1. The minimum absolute atomic E-state index is 0. The summed E-state index contributed by atoms with van der Waals surface area (Å²) >= 11 is 0. The molecule has 2 unspecified atom stereocenters. The van der Waals surface area contributed by atoms with Gasteiger partial charge in [-0.2, -0.15) is 0 Å². The van der Waals surface area contributed by atoms with E-state index in [0.29, 0.717) is 31.0 Å². The molecule has 2 saturated heterocycles. The molecule has 2 atom stereocenters. The fourth-order valence-corrected chi connectivity index (χ4v) is 4.09. The number of piperidine rings is 1. The van der Waals surface area contributed by atoms with Gasteiger partial charge in [-0.3, -0.25) is 4.79 Å². The maximum Gasteiger partial charge on any atom is 0.220 e. The lowest BCUT2D eigenvalue weighted by atomic mass is 9.89. The van der Waals surface area contributed by atoms with Gasteiger partial charge < -0.3 is 15.5 Å². The number of fused-ring (bicyclic) bond motifs is 2. The number of halogens is 2. The van der Waals surface area contributed by atoms with Crippen LogP contribution in [0.4, 0.5) is 0 Å². The molecule has 2 bridgehead atoms. The zero-order valence-corrected chi connectivity index (χ0v) is 16.8. The third kappa shape index (κ3) is 6.45. The summed E-state index contributed by atoms with van der Waals surface area (Å²) in [4.78, 5) is 14.5. The molecule has 1 amide bonds. The van der Waals surface area contributed by atoms with Gasteiger partial charge in [-0.1, -0.05) is 24.3 Å². The van der Waals surface area contributed by atoms with Crippen molar-refractivity contribution in [2.24, 2.45) is 5.92 Å². The van der Waals surface area contributed by atoms with Crippen LogP contribution in [0.2, 0.25) is 0 Å². The smallest absolute Gasteiger partial charge is 0.220 e. The van der Waals surface area contributed by atoms with E-state index in [-0.39, 0.29) is 30.7 Å². The fraction of sp³-hybridized carbons (Fsp3) is 0.632. The van der Waals surface area contributed by atoms with E-state index in [0.717, 1.165) is 6.54 Å². The maximum absolute atomic E-state index is 12.3. The van der Waals surface area contributed by atoms with Crippen molar-refractivity contribution in [3.8, 4) is 0 Å². The monoisotopic (exact) mass is 387 g/mol. The Morgan fingerprint density at radius 2 is 1.72 bits per heavy atom. The van der Waals surface area contributed by atoms with Gasteiger partial charge in [0, 0.05) is 31.6 Å². The number of hydrogen-bond donors (Lipinski definition) is 2. The molecular weight excluding hydrogens is 357 g/mol. The quantitative estimate of drug-likeness (QED) is 0.787. The summed E-state index contributed by atoms with van der Waals surface area (Å²) in [7, 11) is 4.14. The topological polar surface area (TPSA) is 44.4 Å². The Labute approximate surface area is 163 Å². The Kier molecular flexibility index (Phi) is 9.22. The Balaban J connectivity index is 0.00000156. The lowest BCUT2D eigenvalue weighted by Crippen LogP contribution is -2.39. The molecule has 1 aromatic rings. The molecular formula is C19H31Cl2N3O. The highest BCUT2D eigenvalue weighted by Crippen LogP contribution is 2.32. The van der Waals surface area contributed by atoms with E-state index in [1.165, 1.54) is 36.8 Å². The molecule has 0 spiro atoms. The van der Waals surface area contributed by atoms with Crippen LogP contribution in [-0.4, -0.2) is 37.0 Å². The maximum atomic E-state index is 12.3. The van der Waals surface area contributed by atoms with E-state index in [1.807, 2.05) is 6.07 Å². The molecule has 2 aliphatic rings. The average Bonchev–Trinajstić information content (AvgIpc) is 2.85. The van der Waals surface area contributed by atoms with Crippen molar-refractivity contribution in [1.82, 2.24) is 15.5 Å². The van der Waals surface area contributed by atoms with Crippen LogP contribution in [0.3, 0.4) is 0 Å². The van der Waals surface area contributed by atoms with Crippen LogP contribution in [-0.2, 0) is 17.9 Å². The van der Waals surface area contributed by atoms with Crippen molar-refractivity contribution in [2.45, 2.75) is 57.3 Å². The van der Waals surface area contributed by atoms with E-state index < -0.39 is 0 Å². The molecule has 6 heteroatoms. The molecule has 0 radical (unpaired) electrons. The minimum Gasteiger partial charge on any atom is -0.352 e. The van der Waals surface area contributed by atoms with Gasteiger partial charge in [0.2, 0.25) is 5.91 Å². The Morgan fingerprint density at radius 1 is 1.12 bits per heavy atom. The highest BCUT2D eigenvalue weighted by molar-refractivity contribution is 5.85. The van der Waals surface area contributed by atoms with Crippen LogP contribution in [0, 0.1) is 5.92 Å². The first-order chi connectivity index (χ1) is 11.1. The summed E-state index contributed by atoms with van der Waals surface area (Å²) in [5.41, 5.74) is 2.51. The van der Waals surface area contributed by atoms with E-state index in [2.05, 4.69) is 47.8 Å². The molecule has 0 aliphatic carbocycles. The third-order valence-electron chi connectivity index (χ3n) is 5.13. The summed E-state index contributed by atoms with van der Waals surface area (Å²) in [6.07, 6.45) is 5.61. The largest absolute Gasteiger partial charge is 0.352 e. The molecule has 1 aromatic carbocycles. The zero-order chi connectivity index (χ0) is 16.2. The predicted octanol–water partition coefficient (Wildman–Crippen LogP) is 3.13. The van der Waals surface area contributed by atoms with E-state index >= 15 is 0 Å². The van der Waals surface area contributed by atoms with Gasteiger partial charge in [0.25, 0.3) is 0 Å². The fourth-order valence-electron chi connectivity index (χ4n) is 4.09. The molecule has 2 aliphatic heterocycles. The van der Waals surface area contributed by atoms with E-state index in [9.17, 15) is 4.79 Å². The van der Waals surface area contributed by atoms with Gasteiger partial charge in [-0.25, -0.2) is 0 Å². The highest BCUT2D eigenvalue weighted by Gasteiger charge is 2.34. The van der Waals surface area contributed by atoms with Crippen molar-refractivity contribution in [3.05, 3.63) is 35.4 Å². The first-order valence-electron chi connectivity index (χ1n) is 8.84. The summed E-state index contributed by atoms with van der Waals surface area (Å²) in [6.45, 7) is 1.55. The van der Waals surface area contributed by atoms with Crippen LogP contribution in [0.25, 0.3) is 0 Å². The first kappa shape index (κ1) is 22.2. The molecule has 2 fully saturated rings. The lowest BCUT2D eigenvalue weighted by molar-refractivity contribution is -0.122. The SMILES string of the molecule is CN(C)Cc1ccccc1CNC(=O)CC1CC2CCC(C1)N2.Cl.Cl. The van der Waals surface area contributed by atoms with Gasteiger partial charge in [0.05, 0.1) is 0 Å². The average molecular weight is 388 g/mol. The van der Waals surface area contributed by atoms with Gasteiger partial charge in [0.1, 0.15) is 0 Å². The normalized spacial score (nSPS) is 24.4. The Morgan fingerprint density at radius 3 is 2.32 bits per heavy atom. The summed E-state index contributed by atoms with van der Waals surface area (Å²) in [5, 5.41) is 6.77.